The Morgan fingerprint density at radius 3 is 2.34 bits per heavy atom. The van der Waals surface area contributed by atoms with Gasteiger partial charge in [0.1, 0.15) is 16.9 Å². The van der Waals surface area contributed by atoms with E-state index in [1.807, 2.05) is 60.0 Å². The Bertz CT molecular complexity index is 1730. The molecule has 0 bridgehead atoms. The molecule has 4 aromatic rings. The molecule has 1 aliphatic rings. The zero-order valence-electron chi connectivity index (χ0n) is 22.8. The van der Waals surface area contributed by atoms with Crippen molar-refractivity contribution in [2.24, 2.45) is 10.7 Å². The number of nitrogens with one attached hydrogen (secondary N) is 1. The molecule has 5 rings (SSSR count). The third-order valence-electron chi connectivity index (χ3n) is 6.56. The SMILES string of the molecule is Cc1sc2c(c1C)C(c1ccc(Cl)cc1)=NC(CC(=O)NCC#Cc1ccc(C#CCN)cc1)c1nnc(C)n1-2.Cl. The van der Waals surface area contributed by atoms with Gasteiger partial charge in [0.2, 0.25) is 5.91 Å². The van der Waals surface area contributed by atoms with Gasteiger partial charge in [-0.1, -0.05) is 47.4 Å². The van der Waals surface area contributed by atoms with Crippen molar-refractivity contribution in [1.29, 1.82) is 0 Å². The molecular weight excluding hydrogens is 575 g/mol. The molecular formula is C31H28Cl2N6OS. The molecule has 208 valence electrons. The highest BCUT2D eigenvalue weighted by molar-refractivity contribution is 7.15. The van der Waals surface area contributed by atoms with E-state index in [0.29, 0.717) is 17.4 Å². The predicted octanol–water partition coefficient (Wildman–Crippen LogP) is 5.09. The minimum absolute atomic E-state index is 0. The predicted molar refractivity (Wildman–Crippen MR) is 167 cm³/mol. The zero-order valence-corrected chi connectivity index (χ0v) is 25.2. The minimum Gasteiger partial charge on any atom is -0.345 e. The third kappa shape index (κ3) is 6.53. The number of fused-ring (bicyclic) bond motifs is 3. The number of carbonyl (C=O) groups excluding carboxylic acids is 1. The van der Waals surface area contributed by atoms with Crippen LogP contribution >= 0.6 is 35.3 Å². The van der Waals surface area contributed by atoms with Gasteiger partial charge in [-0.2, -0.15) is 0 Å². The van der Waals surface area contributed by atoms with E-state index in [1.165, 1.54) is 4.88 Å². The van der Waals surface area contributed by atoms with Crippen molar-refractivity contribution in [3.63, 3.8) is 0 Å². The van der Waals surface area contributed by atoms with Crippen LogP contribution in [0, 0.1) is 44.5 Å². The highest BCUT2D eigenvalue weighted by Gasteiger charge is 2.32. The molecule has 2 aromatic carbocycles. The molecule has 0 saturated heterocycles. The molecule has 0 fully saturated rings. The third-order valence-corrected chi connectivity index (χ3v) is 8.01. The van der Waals surface area contributed by atoms with Crippen LogP contribution in [0.3, 0.4) is 0 Å². The van der Waals surface area contributed by atoms with Gasteiger partial charge in [-0.15, -0.1) is 33.9 Å². The van der Waals surface area contributed by atoms with Crippen molar-refractivity contribution >= 4 is 47.0 Å². The maximum atomic E-state index is 13.1. The Morgan fingerprint density at radius 1 is 1.02 bits per heavy atom. The number of thiophene rings is 1. The van der Waals surface area contributed by atoms with Crippen LogP contribution in [0.1, 0.15) is 56.8 Å². The maximum Gasteiger partial charge on any atom is 0.223 e. The maximum absolute atomic E-state index is 13.1. The van der Waals surface area contributed by atoms with Gasteiger partial charge < -0.3 is 11.1 Å². The number of benzene rings is 2. The largest absolute Gasteiger partial charge is 0.345 e. The summed E-state index contributed by atoms with van der Waals surface area (Å²) in [5, 5.41) is 13.4. The van der Waals surface area contributed by atoms with E-state index in [-0.39, 0.29) is 31.3 Å². The molecule has 0 saturated carbocycles. The first-order chi connectivity index (χ1) is 19.4. The van der Waals surface area contributed by atoms with Crippen LogP contribution in [0.15, 0.2) is 53.5 Å². The van der Waals surface area contributed by atoms with Crippen molar-refractivity contribution in [3.8, 4) is 28.7 Å². The Kier molecular flexibility index (Phi) is 9.65. The first kappa shape index (κ1) is 30.0. The molecule has 1 unspecified atom stereocenters. The molecule has 2 aromatic heterocycles. The smallest absolute Gasteiger partial charge is 0.223 e. The molecule has 41 heavy (non-hydrogen) atoms. The van der Waals surface area contributed by atoms with Crippen LogP contribution in [0.5, 0.6) is 0 Å². The number of hydrogen-bond acceptors (Lipinski definition) is 6. The summed E-state index contributed by atoms with van der Waals surface area (Å²) >= 11 is 7.86. The van der Waals surface area contributed by atoms with Crippen LogP contribution in [0.2, 0.25) is 5.02 Å². The normalized spacial score (nSPS) is 13.2. The van der Waals surface area contributed by atoms with Crippen LogP contribution in [-0.4, -0.2) is 39.5 Å². The van der Waals surface area contributed by atoms with Gasteiger partial charge in [0.15, 0.2) is 5.82 Å². The molecule has 7 nitrogen and oxygen atoms in total. The summed E-state index contributed by atoms with van der Waals surface area (Å²) in [6, 6.07) is 14.7. The van der Waals surface area contributed by atoms with E-state index in [4.69, 9.17) is 22.3 Å². The van der Waals surface area contributed by atoms with Gasteiger partial charge in [0, 0.05) is 32.2 Å². The molecule has 0 spiro atoms. The highest BCUT2D eigenvalue weighted by Crippen LogP contribution is 2.39. The topological polar surface area (TPSA) is 98.2 Å². The number of aliphatic imine (C=N–C) groups is 1. The van der Waals surface area contributed by atoms with Crippen molar-refractivity contribution in [1.82, 2.24) is 20.1 Å². The van der Waals surface area contributed by atoms with Crippen molar-refractivity contribution < 1.29 is 4.79 Å². The Labute approximate surface area is 254 Å². The highest BCUT2D eigenvalue weighted by atomic mass is 35.5. The number of aromatic nitrogens is 3. The average molecular weight is 604 g/mol. The van der Waals surface area contributed by atoms with E-state index in [9.17, 15) is 4.79 Å². The number of nitrogens with zero attached hydrogens (tertiary/aromatic N) is 4. The summed E-state index contributed by atoms with van der Waals surface area (Å²) in [5.41, 5.74) is 11.1. The summed E-state index contributed by atoms with van der Waals surface area (Å²) in [4.78, 5) is 19.4. The van der Waals surface area contributed by atoms with E-state index in [0.717, 1.165) is 44.4 Å². The number of nitrogens with two attached hydrogens (primary N) is 1. The molecule has 1 aliphatic heterocycles. The van der Waals surface area contributed by atoms with Crippen LogP contribution in [0.4, 0.5) is 0 Å². The fraction of sp³-hybridized carbons (Fsp3) is 0.226. The first-order valence-electron chi connectivity index (χ1n) is 12.8. The molecule has 10 heteroatoms. The lowest BCUT2D eigenvalue weighted by atomic mass is 9.99. The first-order valence-corrected chi connectivity index (χ1v) is 14.0. The van der Waals surface area contributed by atoms with Crippen molar-refractivity contribution in [2.45, 2.75) is 33.2 Å². The molecule has 1 amide bonds. The van der Waals surface area contributed by atoms with E-state index in [1.54, 1.807) is 11.3 Å². The van der Waals surface area contributed by atoms with Crippen molar-refractivity contribution in [3.05, 3.63) is 97.9 Å². The summed E-state index contributed by atoms with van der Waals surface area (Å²) < 4.78 is 2.03. The number of carbonyl (C=O) groups is 1. The fourth-order valence-corrected chi connectivity index (χ4v) is 5.80. The average Bonchev–Trinajstić information content (AvgIpc) is 3.43. The number of halogens is 2. The lowest BCUT2D eigenvalue weighted by molar-refractivity contribution is -0.121. The molecule has 1 atom stereocenters. The van der Waals surface area contributed by atoms with Gasteiger partial charge in [-0.05, 0) is 62.7 Å². The Balaban J connectivity index is 0.00000387. The Hall–Kier alpha value is -3.92. The van der Waals surface area contributed by atoms with Gasteiger partial charge in [-0.25, -0.2) is 0 Å². The van der Waals surface area contributed by atoms with Crippen LogP contribution in [-0.2, 0) is 4.79 Å². The van der Waals surface area contributed by atoms with Gasteiger partial charge >= 0.3 is 0 Å². The van der Waals surface area contributed by atoms with Crippen molar-refractivity contribution in [2.75, 3.05) is 13.1 Å². The van der Waals surface area contributed by atoms with Gasteiger partial charge in [0.25, 0.3) is 0 Å². The van der Waals surface area contributed by atoms with Crippen LogP contribution in [0.25, 0.3) is 5.00 Å². The van der Waals surface area contributed by atoms with E-state index >= 15 is 0 Å². The van der Waals surface area contributed by atoms with Crippen LogP contribution < -0.4 is 11.1 Å². The molecule has 3 N–H and O–H groups in total. The number of amides is 1. The van der Waals surface area contributed by atoms with E-state index in [2.05, 4.69) is 53.0 Å². The van der Waals surface area contributed by atoms with Gasteiger partial charge in [-0.3, -0.25) is 14.4 Å². The standard InChI is InChI=1S/C31H27ClN6OS.ClH/c1-19-20(2)40-31-28(19)29(24-12-14-25(32)15-13-24)35-26(30-37-36-21(3)38(30)31)18-27(39)34-17-5-7-23-10-8-22(9-11-23)6-4-16-33;/h8-15,26H,16-18,33H2,1-3H3,(H,34,39);1H. The summed E-state index contributed by atoms with van der Waals surface area (Å²) in [6.45, 7) is 6.65. The fourth-order valence-electron chi connectivity index (χ4n) is 4.46. The summed E-state index contributed by atoms with van der Waals surface area (Å²) in [7, 11) is 0. The number of aryl methyl sites for hydroxylation is 2. The second kappa shape index (κ2) is 13.2. The Morgan fingerprint density at radius 2 is 1.68 bits per heavy atom. The zero-order chi connectivity index (χ0) is 28.2. The quantitative estimate of drug-likeness (QED) is 0.318. The lowest BCUT2D eigenvalue weighted by Gasteiger charge is -2.12. The second-order valence-electron chi connectivity index (χ2n) is 9.27. The minimum atomic E-state index is -0.527. The number of hydrogen-bond donors (Lipinski definition) is 2. The van der Waals surface area contributed by atoms with Gasteiger partial charge in [0.05, 0.1) is 25.2 Å². The molecule has 3 heterocycles. The lowest BCUT2D eigenvalue weighted by Crippen LogP contribution is -2.25. The summed E-state index contributed by atoms with van der Waals surface area (Å²) in [5.74, 6) is 13.1. The van der Waals surface area contributed by atoms with E-state index < -0.39 is 6.04 Å². The summed E-state index contributed by atoms with van der Waals surface area (Å²) in [6.07, 6.45) is 0.110. The molecule has 0 aliphatic carbocycles. The number of rotatable bonds is 4. The molecule has 0 radical (unpaired) electrons. The second-order valence-corrected chi connectivity index (χ2v) is 10.9. The monoisotopic (exact) mass is 602 g/mol.